The van der Waals surface area contributed by atoms with E-state index >= 15 is 0 Å². The third-order valence-electron chi connectivity index (χ3n) is 5.84. The average molecular weight is 450 g/mol. The van der Waals surface area contributed by atoms with E-state index in [1.807, 2.05) is 70.2 Å². The highest BCUT2D eigenvalue weighted by Gasteiger charge is 2.29. The normalized spacial score (nSPS) is 15.0. The number of fused-ring (bicyclic) bond motifs is 1. The average Bonchev–Trinajstić information content (AvgIpc) is 3.29. The van der Waals surface area contributed by atoms with Gasteiger partial charge in [-0.3, -0.25) is 4.79 Å². The standard InChI is InChI=1S/C25H31N5O3/c1-5-29(22-12-8-10-18-9-6-7-11-20(18)22)23(31)21-17-30(27-26-21)19-13-15-28(16-14-19)24(32)33-25(2,3)4/h6-12,17,19H,5,13-16H2,1-4H3. The summed E-state index contributed by atoms with van der Waals surface area (Å²) in [5, 5.41) is 10.5. The lowest BCUT2D eigenvalue weighted by molar-refractivity contribution is 0.0184. The Hall–Kier alpha value is -3.42. The van der Waals surface area contributed by atoms with Gasteiger partial charge in [-0.15, -0.1) is 5.10 Å². The molecule has 2 amide bonds. The molecule has 0 aliphatic carbocycles. The maximum absolute atomic E-state index is 13.3. The van der Waals surface area contributed by atoms with Crippen LogP contribution in [0.5, 0.6) is 0 Å². The van der Waals surface area contributed by atoms with Gasteiger partial charge in [0.15, 0.2) is 5.69 Å². The van der Waals surface area contributed by atoms with E-state index in [0.717, 1.165) is 29.3 Å². The van der Waals surface area contributed by atoms with Crippen molar-refractivity contribution < 1.29 is 14.3 Å². The van der Waals surface area contributed by atoms with Crippen LogP contribution >= 0.6 is 0 Å². The minimum absolute atomic E-state index is 0.0883. The predicted octanol–water partition coefficient (Wildman–Crippen LogP) is 4.67. The maximum Gasteiger partial charge on any atom is 0.410 e. The van der Waals surface area contributed by atoms with Crippen LogP contribution < -0.4 is 4.90 Å². The van der Waals surface area contributed by atoms with Crippen LogP contribution in [0.2, 0.25) is 0 Å². The van der Waals surface area contributed by atoms with Crippen LogP contribution in [0.1, 0.15) is 57.1 Å². The fourth-order valence-corrected chi connectivity index (χ4v) is 4.20. The Bertz CT molecular complexity index is 1140. The first-order valence-electron chi connectivity index (χ1n) is 11.5. The number of nitrogens with zero attached hydrogens (tertiary/aromatic N) is 5. The summed E-state index contributed by atoms with van der Waals surface area (Å²) in [4.78, 5) is 29.1. The van der Waals surface area contributed by atoms with Gasteiger partial charge >= 0.3 is 6.09 Å². The Balaban J connectivity index is 1.46. The first-order chi connectivity index (χ1) is 15.8. The number of anilines is 1. The SMILES string of the molecule is CCN(C(=O)c1cn(C2CCN(C(=O)OC(C)(C)C)CC2)nn1)c1cccc2ccccc12. The zero-order valence-electron chi connectivity index (χ0n) is 19.7. The number of benzene rings is 2. The van der Waals surface area contributed by atoms with Crippen LogP contribution in [0.4, 0.5) is 10.5 Å². The lowest BCUT2D eigenvalue weighted by atomic mass is 10.1. The van der Waals surface area contributed by atoms with Crippen molar-refractivity contribution in [2.24, 2.45) is 0 Å². The summed E-state index contributed by atoms with van der Waals surface area (Å²) in [5.41, 5.74) is 0.671. The molecule has 4 rings (SSSR count). The number of piperidine rings is 1. The van der Waals surface area contributed by atoms with E-state index in [0.29, 0.717) is 25.3 Å². The van der Waals surface area contributed by atoms with Crippen molar-refractivity contribution in [3.8, 4) is 0 Å². The summed E-state index contributed by atoms with van der Waals surface area (Å²) in [7, 11) is 0. The van der Waals surface area contributed by atoms with E-state index in [2.05, 4.69) is 10.3 Å². The number of amides is 2. The molecule has 0 spiro atoms. The zero-order valence-corrected chi connectivity index (χ0v) is 19.7. The van der Waals surface area contributed by atoms with E-state index < -0.39 is 5.60 Å². The zero-order chi connectivity index (χ0) is 23.6. The monoisotopic (exact) mass is 449 g/mol. The lowest BCUT2D eigenvalue weighted by Gasteiger charge is -2.33. The van der Waals surface area contributed by atoms with Gasteiger partial charge in [0.2, 0.25) is 0 Å². The number of ether oxygens (including phenoxy) is 1. The Morgan fingerprint density at radius 3 is 2.48 bits per heavy atom. The minimum atomic E-state index is -0.510. The highest BCUT2D eigenvalue weighted by Crippen LogP contribution is 2.28. The molecule has 2 heterocycles. The Labute approximate surface area is 194 Å². The van der Waals surface area contributed by atoms with Gasteiger partial charge in [0.05, 0.1) is 17.9 Å². The van der Waals surface area contributed by atoms with Gasteiger partial charge in [0, 0.05) is 25.0 Å². The van der Waals surface area contributed by atoms with Crippen molar-refractivity contribution in [2.75, 3.05) is 24.5 Å². The number of carbonyl (C=O) groups is 2. The number of carbonyl (C=O) groups excluding carboxylic acids is 2. The largest absolute Gasteiger partial charge is 0.444 e. The van der Waals surface area contributed by atoms with Crippen molar-refractivity contribution in [3.63, 3.8) is 0 Å². The summed E-state index contributed by atoms with van der Waals surface area (Å²) in [5.74, 6) is -0.175. The van der Waals surface area contributed by atoms with E-state index in [4.69, 9.17) is 4.74 Å². The van der Waals surface area contributed by atoms with Crippen molar-refractivity contribution >= 4 is 28.5 Å². The highest BCUT2D eigenvalue weighted by atomic mass is 16.6. The smallest absolute Gasteiger partial charge is 0.410 e. The van der Waals surface area contributed by atoms with Crippen LogP contribution in [0, 0.1) is 0 Å². The van der Waals surface area contributed by atoms with E-state index in [-0.39, 0.29) is 18.0 Å². The lowest BCUT2D eigenvalue weighted by Crippen LogP contribution is -2.42. The van der Waals surface area contributed by atoms with Gasteiger partial charge in [-0.1, -0.05) is 41.6 Å². The molecular weight excluding hydrogens is 418 g/mol. The first-order valence-corrected chi connectivity index (χ1v) is 11.5. The van der Waals surface area contributed by atoms with E-state index in [9.17, 15) is 9.59 Å². The van der Waals surface area contributed by atoms with Crippen molar-refractivity contribution in [2.45, 2.75) is 52.2 Å². The fraction of sp³-hybridized carbons (Fsp3) is 0.440. The second-order valence-corrected chi connectivity index (χ2v) is 9.33. The van der Waals surface area contributed by atoms with Gasteiger partial charge in [-0.2, -0.15) is 0 Å². The molecule has 1 aromatic heterocycles. The molecule has 33 heavy (non-hydrogen) atoms. The molecule has 1 saturated heterocycles. The maximum atomic E-state index is 13.3. The molecule has 2 aromatic carbocycles. The molecule has 8 heteroatoms. The van der Waals surface area contributed by atoms with Gasteiger partial charge < -0.3 is 14.5 Å². The highest BCUT2D eigenvalue weighted by molar-refractivity contribution is 6.09. The molecular formula is C25H31N5O3. The summed E-state index contributed by atoms with van der Waals surface area (Å²) in [6.07, 6.45) is 2.90. The number of hydrogen-bond donors (Lipinski definition) is 0. The molecule has 174 valence electrons. The third-order valence-corrected chi connectivity index (χ3v) is 5.84. The van der Waals surface area contributed by atoms with Crippen LogP contribution in [0.3, 0.4) is 0 Å². The Morgan fingerprint density at radius 2 is 1.79 bits per heavy atom. The first kappa shape index (κ1) is 22.8. The molecule has 1 fully saturated rings. The summed E-state index contributed by atoms with van der Waals surface area (Å²) >= 11 is 0. The second kappa shape index (κ2) is 9.21. The van der Waals surface area contributed by atoms with Crippen LogP contribution in [-0.4, -0.2) is 57.1 Å². The second-order valence-electron chi connectivity index (χ2n) is 9.33. The molecule has 1 aliphatic heterocycles. The molecule has 0 unspecified atom stereocenters. The summed E-state index contributed by atoms with van der Waals surface area (Å²) < 4.78 is 7.23. The Kier molecular flexibility index (Phi) is 6.35. The van der Waals surface area contributed by atoms with Gasteiger partial charge in [-0.25, -0.2) is 9.48 Å². The molecule has 0 atom stereocenters. The molecule has 0 N–H and O–H groups in total. The van der Waals surface area contributed by atoms with Crippen LogP contribution in [0.15, 0.2) is 48.7 Å². The number of likely N-dealkylation sites (tertiary alicyclic amines) is 1. The number of hydrogen-bond acceptors (Lipinski definition) is 5. The predicted molar refractivity (Wildman–Crippen MR) is 127 cm³/mol. The van der Waals surface area contributed by atoms with Crippen molar-refractivity contribution in [3.05, 3.63) is 54.4 Å². The molecule has 0 saturated carbocycles. The van der Waals surface area contributed by atoms with Gasteiger partial charge in [-0.05, 0) is 52.0 Å². The minimum Gasteiger partial charge on any atom is -0.444 e. The van der Waals surface area contributed by atoms with E-state index in [1.54, 1.807) is 20.7 Å². The van der Waals surface area contributed by atoms with Crippen LogP contribution in [0.25, 0.3) is 10.8 Å². The Morgan fingerprint density at radius 1 is 1.09 bits per heavy atom. The third kappa shape index (κ3) is 4.99. The van der Waals surface area contributed by atoms with E-state index in [1.165, 1.54) is 0 Å². The number of aromatic nitrogens is 3. The molecule has 3 aromatic rings. The van der Waals surface area contributed by atoms with Gasteiger partial charge in [0.1, 0.15) is 5.60 Å². The van der Waals surface area contributed by atoms with Crippen molar-refractivity contribution in [1.82, 2.24) is 19.9 Å². The summed E-state index contributed by atoms with van der Waals surface area (Å²) in [6.45, 7) is 9.24. The summed E-state index contributed by atoms with van der Waals surface area (Å²) in [6, 6.07) is 14.1. The topological polar surface area (TPSA) is 80.6 Å². The number of rotatable bonds is 4. The molecule has 1 aliphatic rings. The van der Waals surface area contributed by atoms with Crippen LogP contribution in [-0.2, 0) is 4.74 Å². The molecule has 0 radical (unpaired) electrons. The van der Waals surface area contributed by atoms with Crippen molar-refractivity contribution in [1.29, 1.82) is 0 Å². The fourth-order valence-electron chi connectivity index (χ4n) is 4.20. The molecule has 8 nitrogen and oxygen atoms in total. The van der Waals surface area contributed by atoms with Gasteiger partial charge in [0.25, 0.3) is 5.91 Å². The quantitative estimate of drug-likeness (QED) is 0.578. The molecule has 0 bridgehead atoms.